The van der Waals surface area contributed by atoms with E-state index < -0.39 is 11.6 Å². The molecule has 1 aromatic rings. The van der Waals surface area contributed by atoms with Gasteiger partial charge in [-0.25, -0.2) is 8.78 Å². The van der Waals surface area contributed by atoms with Crippen LogP contribution in [-0.2, 0) is 4.79 Å². The number of hydrogen-bond donors (Lipinski definition) is 2. The van der Waals surface area contributed by atoms with E-state index in [2.05, 4.69) is 21.2 Å². The summed E-state index contributed by atoms with van der Waals surface area (Å²) in [5.41, 5.74) is 5.61. The number of nitrogens with two attached hydrogens (primary N) is 1. The summed E-state index contributed by atoms with van der Waals surface area (Å²) in [6.45, 7) is 0.645. The van der Waals surface area contributed by atoms with E-state index in [4.69, 9.17) is 5.73 Å². The second-order valence-corrected chi connectivity index (χ2v) is 6.04. The maximum atomic E-state index is 13.7. The van der Waals surface area contributed by atoms with Gasteiger partial charge in [-0.2, -0.15) is 0 Å². The van der Waals surface area contributed by atoms with Gasteiger partial charge in [-0.05, 0) is 60.1 Å². The summed E-state index contributed by atoms with van der Waals surface area (Å²) in [5, 5.41) is 2.55. The molecule has 1 fully saturated rings. The Labute approximate surface area is 125 Å². The predicted molar refractivity (Wildman–Crippen MR) is 77.2 cm³/mol. The number of anilines is 1. The SMILES string of the molecule is NCC1CCC(C(=O)Nc2c(F)cc(F)cc2Br)CC1. The third-order valence-corrected chi connectivity index (χ3v) is 4.43. The van der Waals surface area contributed by atoms with Crippen molar-refractivity contribution in [3.05, 3.63) is 28.2 Å². The highest BCUT2D eigenvalue weighted by Crippen LogP contribution is 2.31. The summed E-state index contributed by atoms with van der Waals surface area (Å²) in [7, 11) is 0. The topological polar surface area (TPSA) is 55.1 Å². The molecule has 2 rings (SSSR count). The highest BCUT2D eigenvalue weighted by molar-refractivity contribution is 9.10. The fourth-order valence-electron chi connectivity index (χ4n) is 2.55. The quantitative estimate of drug-likeness (QED) is 0.880. The van der Waals surface area contributed by atoms with Gasteiger partial charge in [0.2, 0.25) is 5.91 Å². The molecule has 1 saturated carbocycles. The van der Waals surface area contributed by atoms with Crippen LogP contribution in [0.15, 0.2) is 16.6 Å². The largest absolute Gasteiger partial charge is 0.330 e. The first-order valence-corrected chi connectivity index (χ1v) is 7.46. The number of nitrogens with one attached hydrogen (secondary N) is 1. The first kappa shape index (κ1) is 15.4. The minimum absolute atomic E-state index is 0.00246. The molecular weight excluding hydrogens is 330 g/mol. The number of carbonyl (C=O) groups excluding carboxylic acids is 1. The van der Waals surface area contributed by atoms with Gasteiger partial charge in [-0.15, -0.1) is 0 Å². The molecule has 0 spiro atoms. The molecule has 1 aromatic carbocycles. The molecule has 6 heteroatoms. The Hall–Kier alpha value is -1.01. The van der Waals surface area contributed by atoms with Crippen LogP contribution in [-0.4, -0.2) is 12.5 Å². The minimum atomic E-state index is -0.777. The third-order valence-electron chi connectivity index (χ3n) is 3.81. The zero-order chi connectivity index (χ0) is 14.7. The van der Waals surface area contributed by atoms with E-state index in [1.54, 1.807) is 0 Å². The summed E-state index contributed by atoms with van der Waals surface area (Å²) in [5.74, 6) is -1.33. The third kappa shape index (κ3) is 3.55. The van der Waals surface area contributed by atoms with Gasteiger partial charge in [-0.3, -0.25) is 4.79 Å². The molecule has 0 radical (unpaired) electrons. The number of amides is 1. The van der Waals surface area contributed by atoms with Crippen molar-refractivity contribution < 1.29 is 13.6 Å². The second-order valence-electron chi connectivity index (χ2n) is 5.19. The van der Waals surface area contributed by atoms with Crippen LogP contribution in [0.25, 0.3) is 0 Å². The fraction of sp³-hybridized carbons (Fsp3) is 0.500. The van der Waals surface area contributed by atoms with E-state index in [-0.39, 0.29) is 22.0 Å². The molecule has 0 bridgehead atoms. The van der Waals surface area contributed by atoms with Crippen LogP contribution < -0.4 is 11.1 Å². The van der Waals surface area contributed by atoms with E-state index in [9.17, 15) is 13.6 Å². The van der Waals surface area contributed by atoms with Crippen LogP contribution in [0.3, 0.4) is 0 Å². The lowest BCUT2D eigenvalue weighted by Gasteiger charge is -2.26. The molecule has 1 aliphatic carbocycles. The van der Waals surface area contributed by atoms with Crippen LogP contribution in [0.5, 0.6) is 0 Å². The molecule has 3 N–H and O–H groups in total. The lowest BCUT2D eigenvalue weighted by Crippen LogP contribution is -2.29. The summed E-state index contributed by atoms with van der Waals surface area (Å²) in [4.78, 5) is 12.1. The smallest absolute Gasteiger partial charge is 0.227 e. The Kier molecular flexibility index (Phi) is 5.10. The average Bonchev–Trinajstić information content (AvgIpc) is 2.42. The first-order valence-electron chi connectivity index (χ1n) is 6.66. The normalized spacial score (nSPS) is 22.6. The molecule has 0 unspecified atom stereocenters. The second kappa shape index (κ2) is 6.63. The van der Waals surface area contributed by atoms with E-state index in [1.165, 1.54) is 0 Å². The van der Waals surface area contributed by atoms with Gasteiger partial charge in [0, 0.05) is 16.5 Å². The van der Waals surface area contributed by atoms with Crippen molar-refractivity contribution in [2.75, 3.05) is 11.9 Å². The molecular formula is C14H17BrF2N2O. The lowest BCUT2D eigenvalue weighted by atomic mass is 9.81. The zero-order valence-corrected chi connectivity index (χ0v) is 12.6. The van der Waals surface area contributed by atoms with Crippen molar-refractivity contribution in [2.24, 2.45) is 17.6 Å². The predicted octanol–water partition coefficient (Wildman–Crippen LogP) is 3.43. The van der Waals surface area contributed by atoms with Crippen molar-refractivity contribution in [3.8, 4) is 0 Å². The van der Waals surface area contributed by atoms with Crippen LogP contribution in [0.2, 0.25) is 0 Å². The molecule has 1 amide bonds. The Morgan fingerprint density at radius 2 is 1.95 bits per heavy atom. The number of carbonyl (C=O) groups is 1. The van der Waals surface area contributed by atoms with E-state index in [1.807, 2.05) is 0 Å². The van der Waals surface area contributed by atoms with Crippen molar-refractivity contribution in [1.29, 1.82) is 0 Å². The minimum Gasteiger partial charge on any atom is -0.330 e. The van der Waals surface area contributed by atoms with Gasteiger partial charge in [-0.1, -0.05) is 0 Å². The summed E-state index contributed by atoms with van der Waals surface area (Å²) in [6.07, 6.45) is 3.35. The Morgan fingerprint density at radius 1 is 1.30 bits per heavy atom. The maximum Gasteiger partial charge on any atom is 0.227 e. The number of halogens is 3. The van der Waals surface area contributed by atoms with Crippen molar-refractivity contribution in [1.82, 2.24) is 0 Å². The molecule has 110 valence electrons. The standard InChI is InChI=1S/C14H17BrF2N2O/c15-11-5-10(16)6-12(17)13(11)19-14(20)9-3-1-8(7-18)2-4-9/h5-6,8-9H,1-4,7,18H2,(H,19,20). The number of benzene rings is 1. The van der Waals surface area contributed by atoms with Crippen LogP contribution in [0.1, 0.15) is 25.7 Å². The van der Waals surface area contributed by atoms with E-state index in [0.29, 0.717) is 12.5 Å². The molecule has 0 atom stereocenters. The average molecular weight is 347 g/mol. The number of hydrogen-bond acceptors (Lipinski definition) is 2. The van der Waals surface area contributed by atoms with Gasteiger partial charge in [0.25, 0.3) is 0 Å². The van der Waals surface area contributed by atoms with Crippen LogP contribution >= 0.6 is 15.9 Å². The van der Waals surface area contributed by atoms with Crippen LogP contribution in [0.4, 0.5) is 14.5 Å². The Morgan fingerprint density at radius 3 is 2.50 bits per heavy atom. The monoisotopic (exact) mass is 346 g/mol. The maximum absolute atomic E-state index is 13.7. The molecule has 0 heterocycles. The highest BCUT2D eigenvalue weighted by Gasteiger charge is 2.26. The molecule has 0 aromatic heterocycles. The van der Waals surface area contributed by atoms with Crippen LogP contribution in [0, 0.1) is 23.5 Å². The van der Waals surface area contributed by atoms with Gasteiger partial charge in [0.05, 0.1) is 5.69 Å². The molecule has 3 nitrogen and oxygen atoms in total. The van der Waals surface area contributed by atoms with E-state index in [0.717, 1.165) is 37.8 Å². The van der Waals surface area contributed by atoms with Gasteiger partial charge in [0.1, 0.15) is 5.82 Å². The van der Waals surface area contributed by atoms with Crippen molar-refractivity contribution in [3.63, 3.8) is 0 Å². The van der Waals surface area contributed by atoms with Crippen molar-refractivity contribution in [2.45, 2.75) is 25.7 Å². The zero-order valence-electron chi connectivity index (χ0n) is 11.0. The molecule has 20 heavy (non-hydrogen) atoms. The molecule has 1 aliphatic rings. The number of rotatable bonds is 3. The van der Waals surface area contributed by atoms with Gasteiger partial charge >= 0.3 is 0 Å². The Balaban J connectivity index is 2.02. The van der Waals surface area contributed by atoms with Crippen molar-refractivity contribution >= 4 is 27.5 Å². The molecule has 0 aliphatic heterocycles. The molecule has 0 saturated heterocycles. The summed E-state index contributed by atoms with van der Waals surface area (Å²) in [6, 6.07) is 1.88. The van der Waals surface area contributed by atoms with Gasteiger partial charge in [0.15, 0.2) is 5.82 Å². The summed E-state index contributed by atoms with van der Waals surface area (Å²) < 4.78 is 26.8. The fourth-order valence-corrected chi connectivity index (χ4v) is 3.05. The van der Waals surface area contributed by atoms with E-state index >= 15 is 0 Å². The van der Waals surface area contributed by atoms with Gasteiger partial charge < -0.3 is 11.1 Å². The first-order chi connectivity index (χ1) is 9.51. The Bertz CT molecular complexity index is 479. The lowest BCUT2D eigenvalue weighted by molar-refractivity contribution is -0.121. The highest BCUT2D eigenvalue weighted by atomic mass is 79.9. The summed E-state index contributed by atoms with van der Waals surface area (Å²) >= 11 is 3.06.